The molecule has 0 aromatic rings. The first-order valence-electron chi connectivity index (χ1n) is 1.20. The monoisotopic (exact) mass is 90.0 g/mol. The minimum atomic E-state index is -0.296. The molecule has 0 aromatic heterocycles. The summed E-state index contributed by atoms with van der Waals surface area (Å²) >= 11 is 4.72. The van der Waals surface area contributed by atoms with Crippen LogP contribution >= 0.6 is 0 Å². The fourth-order valence-electron chi connectivity index (χ4n) is 0. The first kappa shape index (κ1) is 4.57. The fourth-order valence-corrected chi connectivity index (χ4v) is 0. The molecule has 0 amide bonds. The molecule has 0 bridgehead atoms. The zero-order valence-corrected chi connectivity index (χ0v) is 4.72. The maximum atomic E-state index is 4.72. The van der Waals surface area contributed by atoms with E-state index in [1.807, 2.05) is 0 Å². The van der Waals surface area contributed by atoms with Crippen LogP contribution in [-0.2, 0) is 12.1 Å². The average Bonchev–Trinajstić information content (AvgIpc) is 0.811. The van der Waals surface area contributed by atoms with Gasteiger partial charge in [0.2, 0.25) is 0 Å². The van der Waals surface area contributed by atoms with E-state index in [2.05, 4.69) is 13.1 Å². The van der Waals surface area contributed by atoms with Crippen molar-refractivity contribution in [3.05, 3.63) is 0 Å². The summed E-state index contributed by atoms with van der Waals surface area (Å²) in [4.78, 5) is 0. The summed E-state index contributed by atoms with van der Waals surface area (Å²) in [6, 6.07) is 0. The van der Waals surface area contributed by atoms with E-state index in [0.717, 1.165) is 0 Å². The molecule has 0 fully saturated rings. The molecule has 0 rings (SSSR count). The summed E-state index contributed by atoms with van der Waals surface area (Å²) in [6.45, 7) is 4.17. The van der Waals surface area contributed by atoms with E-state index in [4.69, 9.17) is 12.1 Å². The van der Waals surface area contributed by atoms with Crippen LogP contribution in [0.3, 0.4) is 0 Å². The van der Waals surface area contributed by atoms with Crippen LogP contribution in [0.15, 0.2) is 0 Å². The van der Waals surface area contributed by atoms with Gasteiger partial charge in [-0.15, -0.1) is 7.95 Å². The van der Waals surface area contributed by atoms with E-state index in [-0.39, 0.29) is 7.95 Å². The molecule has 0 saturated carbocycles. The number of hydrogen-bond acceptors (Lipinski definition) is 1. The van der Waals surface area contributed by atoms with E-state index in [1.54, 1.807) is 0 Å². The molecule has 0 saturated heterocycles. The Morgan fingerprint density at radius 2 is 1.50 bits per heavy atom. The van der Waals surface area contributed by atoms with Crippen molar-refractivity contribution < 1.29 is 0 Å². The standard InChI is InChI=1S/C2H6SSi/c1-4(2)3/h1-2H3/q-1. The van der Waals surface area contributed by atoms with E-state index in [1.165, 1.54) is 0 Å². The Labute approximate surface area is 33.9 Å². The summed E-state index contributed by atoms with van der Waals surface area (Å²) in [6.07, 6.45) is 0. The summed E-state index contributed by atoms with van der Waals surface area (Å²) in [5.41, 5.74) is 0. The number of hydrogen-bond donors (Lipinski definition) is 0. The molecule has 0 heterocycles. The van der Waals surface area contributed by atoms with Crippen molar-refractivity contribution in [2.24, 2.45) is 0 Å². The molecule has 0 spiro atoms. The molecular weight excluding hydrogens is 84.2 g/mol. The van der Waals surface area contributed by atoms with Crippen molar-refractivity contribution in [2.45, 2.75) is 13.1 Å². The second-order valence-corrected chi connectivity index (χ2v) is 5.17. The first-order valence-corrected chi connectivity index (χ1v) is 4.84. The largest absolute Gasteiger partial charge is 0.800 e. The van der Waals surface area contributed by atoms with Gasteiger partial charge in [-0.05, 0) is 0 Å². The maximum Gasteiger partial charge on any atom is -0.0933 e. The van der Waals surface area contributed by atoms with Crippen LogP contribution < -0.4 is 0 Å². The lowest BCUT2D eigenvalue weighted by Crippen LogP contribution is -1.87. The predicted molar refractivity (Wildman–Crippen MR) is 24.8 cm³/mol. The average molecular weight is 90.2 g/mol. The van der Waals surface area contributed by atoms with Crippen LogP contribution in [0.4, 0.5) is 0 Å². The van der Waals surface area contributed by atoms with Crippen molar-refractivity contribution in [3.63, 3.8) is 0 Å². The van der Waals surface area contributed by atoms with E-state index < -0.39 is 0 Å². The van der Waals surface area contributed by atoms with Gasteiger partial charge in [0.1, 0.15) is 0 Å². The van der Waals surface area contributed by atoms with Crippen molar-refractivity contribution in [3.8, 4) is 0 Å². The van der Waals surface area contributed by atoms with Crippen LogP contribution in [0.2, 0.25) is 13.1 Å². The topological polar surface area (TPSA) is 0 Å². The molecular formula is C2H6SSi-. The normalized spacial score (nSPS) is 9.00. The van der Waals surface area contributed by atoms with Gasteiger partial charge in [0.05, 0.1) is 0 Å². The highest BCUT2D eigenvalue weighted by Crippen LogP contribution is 1.64. The molecule has 0 unspecified atom stereocenters. The van der Waals surface area contributed by atoms with Gasteiger partial charge in [-0.1, -0.05) is 13.1 Å². The Kier molecular flexibility index (Phi) is 2.11. The molecule has 2 heteroatoms. The van der Waals surface area contributed by atoms with Crippen LogP contribution in [-0.4, -0.2) is 7.95 Å². The molecule has 0 aliphatic carbocycles. The van der Waals surface area contributed by atoms with Crippen LogP contribution in [0.1, 0.15) is 0 Å². The Hall–Kier alpha value is 0.567. The number of rotatable bonds is 0. The van der Waals surface area contributed by atoms with Crippen LogP contribution in [0.25, 0.3) is 0 Å². The first-order chi connectivity index (χ1) is 1.73. The molecule has 0 aliphatic heterocycles. The van der Waals surface area contributed by atoms with Gasteiger partial charge in [0.25, 0.3) is 0 Å². The molecule has 0 aromatic carbocycles. The van der Waals surface area contributed by atoms with Gasteiger partial charge >= 0.3 is 0 Å². The fraction of sp³-hybridized carbons (Fsp3) is 1.00. The van der Waals surface area contributed by atoms with Gasteiger partial charge in [0.15, 0.2) is 0 Å². The van der Waals surface area contributed by atoms with Gasteiger partial charge in [-0.3, -0.25) is 0 Å². The maximum absolute atomic E-state index is 4.72. The van der Waals surface area contributed by atoms with E-state index in [0.29, 0.717) is 0 Å². The van der Waals surface area contributed by atoms with Crippen molar-refractivity contribution in [1.29, 1.82) is 0 Å². The third-order valence-electron chi connectivity index (χ3n) is 0. The van der Waals surface area contributed by atoms with Gasteiger partial charge < -0.3 is 12.1 Å². The molecule has 0 aliphatic rings. The molecule has 25 valence electrons. The van der Waals surface area contributed by atoms with Crippen LogP contribution in [0, 0.1) is 0 Å². The Morgan fingerprint density at radius 1 is 1.50 bits per heavy atom. The van der Waals surface area contributed by atoms with Gasteiger partial charge in [-0.25, -0.2) is 0 Å². The molecule has 0 atom stereocenters. The highest BCUT2D eigenvalue weighted by atomic mass is 32.3. The summed E-state index contributed by atoms with van der Waals surface area (Å²) in [5, 5.41) is 0. The van der Waals surface area contributed by atoms with Gasteiger partial charge in [0, 0.05) is 0 Å². The zero-order valence-electron chi connectivity index (χ0n) is 2.91. The second-order valence-electron chi connectivity index (χ2n) is 0.908. The van der Waals surface area contributed by atoms with Gasteiger partial charge in [-0.2, -0.15) is 0 Å². The highest BCUT2D eigenvalue weighted by molar-refractivity contribution is 7.92. The molecule has 1 radical (unpaired) electrons. The van der Waals surface area contributed by atoms with E-state index >= 15 is 0 Å². The van der Waals surface area contributed by atoms with Crippen molar-refractivity contribution in [1.82, 2.24) is 0 Å². The van der Waals surface area contributed by atoms with Crippen LogP contribution in [0.5, 0.6) is 0 Å². The van der Waals surface area contributed by atoms with Crippen molar-refractivity contribution >= 4 is 20.0 Å². The zero-order chi connectivity index (χ0) is 3.58. The third-order valence-corrected chi connectivity index (χ3v) is 0. The van der Waals surface area contributed by atoms with E-state index in [9.17, 15) is 0 Å². The smallest absolute Gasteiger partial charge is 0.0933 e. The lowest BCUT2D eigenvalue weighted by Gasteiger charge is -2.00. The highest BCUT2D eigenvalue weighted by Gasteiger charge is 1.54. The minimum absolute atomic E-state index is 0.296. The second kappa shape index (κ2) is 1.85. The lowest BCUT2D eigenvalue weighted by atomic mass is 11.9. The quantitative estimate of drug-likeness (QED) is 0.313. The lowest BCUT2D eigenvalue weighted by molar-refractivity contribution is 2.11. The minimum Gasteiger partial charge on any atom is -0.800 e. The Bertz CT molecular complexity index is 10.8. The SMILES string of the molecule is C[Si](C)[S-]. The third kappa shape index (κ3) is 19.6. The molecule has 0 N–H and O–H groups in total. The Balaban J connectivity index is 2.32. The Morgan fingerprint density at radius 3 is 1.50 bits per heavy atom. The summed E-state index contributed by atoms with van der Waals surface area (Å²) in [5.74, 6) is 0. The molecule has 4 heavy (non-hydrogen) atoms. The predicted octanol–water partition coefficient (Wildman–Crippen LogP) is 0.784. The molecule has 0 nitrogen and oxygen atoms in total. The summed E-state index contributed by atoms with van der Waals surface area (Å²) < 4.78 is 0. The summed E-state index contributed by atoms with van der Waals surface area (Å²) in [7, 11) is -0.296. The van der Waals surface area contributed by atoms with Crippen molar-refractivity contribution in [2.75, 3.05) is 0 Å².